The maximum Gasteiger partial charge on any atom is 0.247 e. The van der Waals surface area contributed by atoms with Gasteiger partial charge in [0.1, 0.15) is 5.75 Å². The molecular weight excluding hydrogens is 254 g/mol. The van der Waals surface area contributed by atoms with E-state index < -0.39 is 0 Å². The van der Waals surface area contributed by atoms with Gasteiger partial charge < -0.3 is 15.0 Å². The molecule has 0 atom stereocenters. The Morgan fingerprint density at radius 2 is 1.90 bits per heavy atom. The van der Waals surface area contributed by atoms with Crippen LogP contribution in [-0.2, 0) is 0 Å². The van der Waals surface area contributed by atoms with Gasteiger partial charge in [-0.3, -0.25) is 0 Å². The molecule has 6 nitrogen and oxygen atoms in total. The second-order valence-electron chi connectivity index (χ2n) is 4.69. The van der Waals surface area contributed by atoms with Crippen molar-refractivity contribution in [3.8, 4) is 5.75 Å². The summed E-state index contributed by atoms with van der Waals surface area (Å²) in [6.45, 7) is 2.02. The van der Waals surface area contributed by atoms with E-state index in [1.807, 2.05) is 24.3 Å². The molecule has 104 valence electrons. The largest absolute Gasteiger partial charge is 0.497 e. The number of aromatic nitrogens is 3. The molecule has 1 aromatic carbocycles. The highest BCUT2D eigenvalue weighted by atomic mass is 16.5. The van der Waals surface area contributed by atoms with Gasteiger partial charge >= 0.3 is 0 Å². The number of nitrogens with zero attached hydrogens (tertiary/aromatic N) is 4. The second kappa shape index (κ2) is 5.73. The number of nitrogens with one attached hydrogen (secondary N) is 1. The molecule has 1 aliphatic rings. The van der Waals surface area contributed by atoms with Crippen LogP contribution in [-0.4, -0.2) is 35.4 Å². The minimum atomic E-state index is 0.695. The normalized spacial score (nSPS) is 14.3. The Bertz CT molecular complexity index is 566. The zero-order valence-corrected chi connectivity index (χ0v) is 11.4. The predicted molar refractivity (Wildman–Crippen MR) is 77.6 cm³/mol. The molecule has 3 rings (SSSR count). The quantitative estimate of drug-likeness (QED) is 0.920. The van der Waals surface area contributed by atoms with Crippen molar-refractivity contribution < 1.29 is 4.74 Å². The van der Waals surface area contributed by atoms with E-state index in [-0.39, 0.29) is 0 Å². The van der Waals surface area contributed by atoms with Crippen molar-refractivity contribution in [3.05, 3.63) is 30.5 Å². The fourth-order valence-corrected chi connectivity index (χ4v) is 2.23. The van der Waals surface area contributed by atoms with Crippen molar-refractivity contribution in [2.75, 3.05) is 30.4 Å². The van der Waals surface area contributed by atoms with Crippen LogP contribution in [0.15, 0.2) is 30.5 Å². The molecule has 1 saturated heterocycles. The molecule has 20 heavy (non-hydrogen) atoms. The van der Waals surface area contributed by atoms with Crippen molar-refractivity contribution in [2.45, 2.75) is 12.8 Å². The first-order valence-electron chi connectivity index (χ1n) is 6.71. The molecule has 0 unspecified atom stereocenters. The standard InChI is InChI=1S/C14H17N5O/c1-20-12-6-4-11(5-7-12)16-13-10-15-18-14(17-13)19-8-2-3-9-19/h4-7,10H,2-3,8-9H2,1H3,(H,16,17,18). The van der Waals surface area contributed by atoms with Gasteiger partial charge in [-0.1, -0.05) is 0 Å². The zero-order valence-electron chi connectivity index (χ0n) is 11.4. The van der Waals surface area contributed by atoms with Crippen LogP contribution >= 0.6 is 0 Å². The Labute approximate surface area is 117 Å². The molecule has 6 heteroatoms. The number of rotatable bonds is 4. The molecule has 2 heterocycles. The van der Waals surface area contributed by atoms with E-state index in [0.29, 0.717) is 11.8 Å². The van der Waals surface area contributed by atoms with Gasteiger partial charge in [0, 0.05) is 18.8 Å². The summed E-state index contributed by atoms with van der Waals surface area (Å²) >= 11 is 0. The molecule has 1 fully saturated rings. The molecule has 0 aliphatic carbocycles. The summed E-state index contributed by atoms with van der Waals surface area (Å²) in [7, 11) is 1.65. The SMILES string of the molecule is COc1ccc(Nc2cnnc(N3CCCC3)n2)cc1. The summed E-state index contributed by atoms with van der Waals surface area (Å²) in [5.41, 5.74) is 0.943. The summed E-state index contributed by atoms with van der Waals surface area (Å²) in [6, 6.07) is 7.68. The van der Waals surface area contributed by atoms with Crippen LogP contribution in [0.25, 0.3) is 0 Å². The van der Waals surface area contributed by atoms with E-state index >= 15 is 0 Å². The molecular formula is C14H17N5O. The fourth-order valence-electron chi connectivity index (χ4n) is 2.23. The number of hydrogen-bond acceptors (Lipinski definition) is 6. The van der Waals surface area contributed by atoms with Gasteiger partial charge in [0.15, 0.2) is 5.82 Å². The van der Waals surface area contributed by atoms with Gasteiger partial charge in [-0.05, 0) is 37.1 Å². The summed E-state index contributed by atoms with van der Waals surface area (Å²) in [6.07, 6.45) is 4.02. The van der Waals surface area contributed by atoms with E-state index in [1.165, 1.54) is 12.8 Å². The Kier molecular flexibility index (Phi) is 3.62. The average molecular weight is 271 g/mol. The lowest BCUT2D eigenvalue weighted by Gasteiger charge is -2.14. The Hall–Kier alpha value is -2.37. The molecule has 0 amide bonds. The highest BCUT2D eigenvalue weighted by molar-refractivity contribution is 5.57. The van der Waals surface area contributed by atoms with Crippen LogP contribution < -0.4 is 15.0 Å². The Balaban J connectivity index is 1.74. The van der Waals surface area contributed by atoms with Crippen molar-refractivity contribution in [2.24, 2.45) is 0 Å². The number of methoxy groups -OCH3 is 1. The molecule has 2 aromatic rings. The first kappa shape index (κ1) is 12.7. The number of ether oxygens (including phenoxy) is 1. The van der Waals surface area contributed by atoms with Gasteiger partial charge in [-0.2, -0.15) is 10.1 Å². The van der Waals surface area contributed by atoms with Crippen molar-refractivity contribution in [3.63, 3.8) is 0 Å². The summed E-state index contributed by atoms with van der Waals surface area (Å²) in [4.78, 5) is 6.66. The zero-order chi connectivity index (χ0) is 13.8. The fraction of sp³-hybridized carbons (Fsp3) is 0.357. The molecule has 0 saturated carbocycles. The number of anilines is 3. The Morgan fingerprint density at radius 1 is 1.15 bits per heavy atom. The first-order chi connectivity index (χ1) is 9.85. The maximum absolute atomic E-state index is 5.13. The summed E-state index contributed by atoms with van der Waals surface area (Å²) in [5.74, 6) is 2.22. The molecule has 0 radical (unpaired) electrons. The van der Waals surface area contributed by atoms with E-state index in [2.05, 4.69) is 25.4 Å². The van der Waals surface area contributed by atoms with Gasteiger partial charge in [0.05, 0.1) is 13.3 Å². The molecule has 1 aromatic heterocycles. The lowest BCUT2D eigenvalue weighted by Crippen LogP contribution is -2.21. The monoisotopic (exact) mass is 271 g/mol. The predicted octanol–water partition coefficient (Wildman–Crippen LogP) is 2.22. The van der Waals surface area contributed by atoms with Crippen LogP contribution in [0.5, 0.6) is 5.75 Å². The third kappa shape index (κ3) is 2.79. The van der Waals surface area contributed by atoms with Gasteiger partial charge in [-0.25, -0.2) is 0 Å². The van der Waals surface area contributed by atoms with Crippen LogP contribution in [0, 0.1) is 0 Å². The van der Waals surface area contributed by atoms with Crippen molar-refractivity contribution in [1.29, 1.82) is 0 Å². The molecule has 1 aliphatic heterocycles. The lowest BCUT2D eigenvalue weighted by atomic mass is 10.3. The first-order valence-corrected chi connectivity index (χ1v) is 6.71. The van der Waals surface area contributed by atoms with Crippen molar-refractivity contribution in [1.82, 2.24) is 15.2 Å². The smallest absolute Gasteiger partial charge is 0.247 e. The average Bonchev–Trinajstić information content (AvgIpc) is 3.03. The van der Waals surface area contributed by atoms with Crippen LogP contribution in [0.1, 0.15) is 12.8 Å². The number of benzene rings is 1. The second-order valence-corrected chi connectivity index (χ2v) is 4.69. The highest BCUT2D eigenvalue weighted by Gasteiger charge is 2.15. The number of hydrogen-bond donors (Lipinski definition) is 1. The van der Waals surface area contributed by atoms with Crippen LogP contribution in [0.2, 0.25) is 0 Å². The molecule has 1 N–H and O–H groups in total. The third-order valence-electron chi connectivity index (χ3n) is 3.30. The minimum Gasteiger partial charge on any atom is -0.497 e. The van der Waals surface area contributed by atoms with Gasteiger partial charge in [0.25, 0.3) is 0 Å². The van der Waals surface area contributed by atoms with E-state index in [9.17, 15) is 0 Å². The van der Waals surface area contributed by atoms with Crippen LogP contribution in [0.4, 0.5) is 17.5 Å². The highest BCUT2D eigenvalue weighted by Crippen LogP contribution is 2.20. The van der Waals surface area contributed by atoms with Gasteiger partial charge in [-0.15, -0.1) is 5.10 Å². The summed E-state index contributed by atoms with van der Waals surface area (Å²) in [5, 5.41) is 11.3. The molecule has 0 bridgehead atoms. The van der Waals surface area contributed by atoms with Gasteiger partial charge in [0.2, 0.25) is 5.95 Å². The maximum atomic E-state index is 5.13. The third-order valence-corrected chi connectivity index (χ3v) is 3.30. The minimum absolute atomic E-state index is 0.695. The van der Waals surface area contributed by atoms with Crippen molar-refractivity contribution >= 4 is 17.5 Å². The van der Waals surface area contributed by atoms with E-state index in [4.69, 9.17) is 4.74 Å². The molecule has 0 spiro atoms. The Morgan fingerprint density at radius 3 is 2.60 bits per heavy atom. The van der Waals surface area contributed by atoms with Crippen LogP contribution in [0.3, 0.4) is 0 Å². The van der Waals surface area contributed by atoms with E-state index in [0.717, 1.165) is 24.5 Å². The summed E-state index contributed by atoms with van der Waals surface area (Å²) < 4.78 is 5.13. The lowest BCUT2D eigenvalue weighted by molar-refractivity contribution is 0.415. The topological polar surface area (TPSA) is 63.2 Å². The van der Waals surface area contributed by atoms with E-state index in [1.54, 1.807) is 13.3 Å².